The molecule has 0 fully saturated rings. The summed E-state index contributed by atoms with van der Waals surface area (Å²) >= 11 is 1.52. The molecule has 0 spiro atoms. The molecule has 0 bridgehead atoms. The number of nitrogens with zero attached hydrogens (tertiary/aromatic N) is 2. The summed E-state index contributed by atoms with van der Waals surface area (Å²) in [6.45, 7) is 4.02. The van der Waals surface area contributed by atoms with Crippen LogP contribution in [-0.2, 0) is 0 Å². The van der Waals surface area contributed by atoms with Crippen molar-refractivity contribution in [1.29, 1.82) is 0 Å². The number of rotatable bonds is 4. The molecule has 90 valence electrons. The van der Waals surface area contributed by atoms with E-state index in [0.717, 1.165) is 21.5 Å². The van der Waals surface area contributed by atoms with Gasteiger partial charge in [-0.05, 0) is 26.0 Å². The fourth-order valence-corrected chi connectivity index (χ4v) is 2.11. The van der Waals surface area contributed by atoms with Crippen molar-refractivity contribution < 1.29 is 4.74 Å². The van der Waals surface area contributed by atoms with Crippen LogP contribution < -0.4 is 10.1 Å². The molecule has 0 saturated heterocycles. The molecule has 17 heavy (non-hydrogen) atoms. The second kappa shape index (κ2) is 5.14. The van der Waals surface area contributed by atoms with Crippen molar-refractivity contribution in [2.75, 3.05) is 12.4 Å². The van der Waals surface area contributed by atoms with E-state index in [9.17, 15) is 0 Å². The molecular formula is C12H15N3OS. The predicted molar refractivity (Wildman–Crippen MR) is 70.7 cm³/mol. The summed E-state index contributed by atoms with van der Waals surface area (Å²) in [6.07, 6.45) is 0.174. The summed E-state index contributed by atoms with van der Waals surface area (Å²) in [7, 11) is 1.84. The van der Waals surface area contributed by atoms with Crippen LogP contribution in [0.15, 0.2) is 24.3 Å². The van der Waals surface area contributed by atoms with Crippen LogP contribution in [0.3, 0.4) is 0 Å². The molecular weight excluding hydrogens is 234 g/mol. The van der Waals surface area contributed by atoms with E-state index in [4.69, 9.17) is 4.74 Å². The summed E-state index contributed by atoms with van der Waals surface area (Å²) in [5, 5.41) is 12.8. The van der Waals surface area contributed by atoms with Crippen LogP contribution in [0.4, 0.5) is 5.13 Å². The maximum absolute atomic E-state index is 5.65. The lowest BCUT2D eigenvalue weighted by Gasteiger charge is -2.09. The van der Waals surface area contributed by atoms with Crippen molar-refractivity contribution in [3.8, 4) is 16.3 Å². The van der Waals surface area contributed by atoms with E-state index in [-0.39, 0.29) is 6.10 Å². The Morgan fingerprint density at radius 1 is 1.29 bits per heavy atom. The first-order valence-electron chi connectivity index (χ1n) is 5.47. The summed E-state index contributed by atoms with van der Waals surface area (Å²) in [6, 6.07) is 7.91. The van der Waals surface area contributed by atoms with Crippen LogP contribution in [0.2, 0.25) is 0 Å². The van der Waals surface area contributed by atoms with Crippen molar-refractivity contribution in [3.05, 3.63) is 24.3 Å². The van der Waals surface area contributed by atoms with Gasteiger partial charge in [0.25, 0.3) is 0 Å². The van der Waals surface area contributed by atoms with Gasteiger partial charge in [-0.15, -0.1) is 10.2 Å². The van der Waals surface area contributed by atoms with Gasteiger partial charge in [0.1, 0.15) is 10.8 Å². The summed E-state index contributed by atoms with van der Waals surface area (Å²) in [5.74, 6) is 0.860. The lowest BCUT2D eigenvalue weighted by atomic mass is 10.2. The average Bonchev–Trinajstić information content (AvgIpc) is 2.77. The van der Waals surface area contributed by atoms with E-state index in [1.807, 2.05) is 45.2 Å². The molecule has 0 saturated carbocycles. The molecule has 0 aliphatic rings. The molecule has 4 nitrogen and oxygen atoms in total. The summed E-state index contributed by atoms with van der Waals surface area (Å²) in [4.78, 5) is 0. The first-order chi connectivity index (χ1) is 8.19. The number of hydrogen-bond donors (Lipinski definition) is 1. The molecule has 0 radical (unpaired) electrons. The Morgan fingerprint density at radius 2 is 2.12 bits per heavy atom. The third-order valence-electron chi connectivity index (χ3n) is 2.09. The van der Waals surface area contributed by atoms with Gasteiger partial charge >= 0.3 is 0 Å². The SMILES string of the molecule is CNc1nnc(-c2cccc(OC(C)C)c2)s1. The van der Waals surface area contributed by atoms with Crippen LogP contribution >= 0.6 is 11.3 Å². The Morgan fingerprint density at radius 3 is 2.76 bits per heavy atom. The number of hydrogen-bond acceptors (Lipinski definition) is 5. The highest BCUT2D eigenvalue weighted by Crippen LogP contribution is 2.28. The number of anilines is 1. The lowest BCUT2D eigenvalue weighted by molar-refractivity contribution is 0.242. The van der Waals surface area contributed by atoms with Crippen molar-refractivity contribution in [3.63, 3.8) is 0 Å². The van der Waals surface area contributed by atoms with Gasteiger partial charge in [0, 0.05) is 12.6 Å². The van der Waals surface area contributed by atoms with Crippen molar-refractivity contribution in [2.24, 2.45) is 0 Å². The molecule has 1 aromatic heterocycles. The third kappa shape index (κ3) is 2.94. The molecule has 2 aromatic rings. The Kier molecular flexibility index (Phi) is 3.58. The zero-order valence-corrected chi connectivity index (χ0v) is 10.9. The van der Waals surface area contributed by atoms with E-state index >= 15 is 0 Å². The van der Waals surface area contributed by atoms with Gasteiger partial charge in [-0.25, -0.2) is 0 Å². The fourth-order valence-electron chi connectivity index (χ4n) is 1.42. The predicted octanol–water partition coefficient (Wildman–Crippen LogP) is 3.03. The molecule has 1 N–H and O–H groups in total. The molecule has 0 amide bonds. The highest BCUT2D eigenvalue weighted by molar-refractivity contribution is 7.18. The summed E-state index contributed by atoms with van der Waals surface area (Å²) in [5.41, 5.74) is 1.03. The van der Waals surface area contributed by atoms with Gasteiger partial charge < -0.3 is 10.1 Å². The molecule has 0 aliphatic heterocycles. The minimum absolute atomic E-state index is 0.174. The Bertz CT molecular complexity index is 496. The van der Waals surface area contributed by atoms with E-state index in [0.29, 0.717) is 0 Å². The third-order valence-corrected chi connectivity index (χ3v) is 3.08. The minimum atomic E-state index is 0.174. The summed E-state index contributed by atoms with van der Waals surface area (Å²) < 4.78 is 5.65. The molecule has 0 aliphatic carbocycles. The zero-order chi connectivity index (χ0) is 12.3. The molecule has 2 rings (SSSR count). The van der Waals surface area contributed by atoms with E-state index in [2.05, 4.69) is 15.5 Å². The normalized spacial score (nSPS) is 10.6. The van der Waals surface area contributed by atoms with Gasteiger partial charge in [0.05, 0.1) is 6.10 Å². The van der Waals surface area contributed by atoms with E-state index < -0.39 is 0 Å². The highest BCUT2D eigenvalue weighted by Gasteiger charge is 2.07. The van der Waals surface area contributed by atoms with Gasteiger partial charge in [-0.1, -0.05) is 23.5 Å². The molecule has 5 heteroatoms. The first kappa shape index (κ1) is 11.9. The number of benzene rings is 1. The van der Waals surface area contributed by atoms with Crippen LogP contribution in [0.1, 0.15) is 13.8 Å². The van der Waals surface area contributed by atoms with Crippen LogP contribution in [-0.4, -0.2) is 23.3 Å². The second-order valence-corrected chi connectivity index (χ2v) is 4.83. The number of ether oxygens (including phenoxy) is 1. The molecule has 0 unspecified atom stereocenters. The molecule has 1 heterocycles. The quantitative estimate of drug-likeness (QED) is 0.904. The Balaban J connectivity index is 2.26. The smallest absolute Gasteiger partial charge is 0.205 e. The number of aromatic nitrogens is 2. The van der Waals surface area contributed by atoms with Crippen LogP contribution in [0, 0.1) is 0 Å². The van der Waals surface area contributed by atoms with Gasteiger partial charge in [0.15, 0.2) is 0 Å². The molecule has 1 aromatic carbocycles. The van der Waals surface area contributed by atoms with Gasteiger partial charge in [0.2, 0.25) is 5.13 Å². The van der Waals surface area contributed by atoms with Gasteiger partial charge in [-0.2, -0.15) is 0 Å². The van der Waals surface area contributed by atoms with Crippen molar-refractivity contribution in [1.82, 2.24) is 10.2 Å². The Hall–Kier alpha value is -1.62. The standard InChI is InChI=1S/C12H15N3OS/c1-8(2)16-10-6-4-5-9(7-10)11-14-15-12(13-3)17-11/h4-8H,1-3H3,(H,13,15). The van der Waals surface area contributed by atoms with Crippen molar-refractivity contribution >= 4 is 16.5 Å². The maximum atomic E-state index is 5.65. The first-order valence-corrected chi connectivity index (χ1v) is 6.29. The molecule has 0 atom stereocenters. The average molecular weight is 249 g/mol. The Labute approximate surface area is 105 Å². The highest BCUT2D eigenvalue weighted by atomic mass is 32.1. The number of nitrogens with one attached hydrogen (secondary N) is 1. The van der Waals surface area contributed by atoms with Gasteiger partial charge in [-0.3, -0.25) is 0 Å². The van der Waals surface area contributed by atoms with Crippen molar-refractivity contribution in [2.45, 2.75) is 20.0 Å². The minimum Gasteiger partial charge on any atom is -0.491 e. The monoisotopic (exact) mass is 249 g/mol. The zero-order valence-electron chi connectivity index (χ0n) is 10.1. The van der Waals surface area contributed by atoms with Crippen LogP contribution in [0.25, 0.3) is 10.6 Å². The fraction of sp³-hybridized carbons (Fsp3) is 0.333. The maximum Gasteiger partial charge on any atom is 0.205 e. The second-order valence-electron chi connectivity index (χ2n) is 3.86. The van der Waals surface area contributed by atoms with E-state index in [1.165, 1.54) is 11.3 Å². The topological polar surface area (TPSA) is 47.0 Å². The van der Waals surface area contributed by atoms with E-state index in [1.54, 1.807) is 0 Å². The lowest BCUT2D eigenvalue weighted by Crippen LogP contribution is -2.05. The van der Waals surface area contributed by atoms with Crippen LogP contribution in [0.5, 0.6) is 5.75 Å². The largest absolute Gasteiger partial charge is 0.491 e.